The highest BCUT2D eigenvalue weighted by Crippen LogP contribution is 2.21. The van der Waals surface area contributed by atoms with E-state index in [1.807, 2.05) is 35.0 Å². The van der Waals surface area contributed by atoms with Gasteiger partial charge in [0.15, 0.2) is 0 Å². The molecule has 1 aromatic carbocycles. The van der Waals surface area contributed by atoms with Gasteiger partial charge in [-0.05, 0) is 11.6 Å². The fourth-order valence-corrected chi connectivity index (χ4v) is 1.96. The molecule has 0 aliphatic carbocycles. The number of ether oxygens (including phenoxy) is 1. The van der Waals surface area contributed by atoms with Crippen molar-refractivity contribution >= 4 is 16.9 Å². The number of aryl methyl sites for hydroxylation is 1. The minimum atomic E-state index is -0.667. The topological polar surface area (TPSA) is 57.2 Å². The molecule has 2 N–H and O–H groups in total. The van der Waals surface area contributed by atoms with Crippen LogP contribution in [0.4, 0.5) is 0 Å². The van der Waals surface area contributed by atoms with E-state index in [1.54, 1.807) is 0 Å². The summed E-state index contributed by atoms with van der Waals surface area (Å²) >= 11 is 0. The molecule has 0 saturated carbocycles. The van der Waals surface area contributed by atoms with Crippen molar-refractivity contribution in [2.24, 2.45) is 12.8 Å². The number of para-hydroxylation sites is 1. The number of esters is 1. The van der Waals surface area contributed by atoms with Crippen LogP contribution < -0.4 is 5.73 Å². The Morgan fingerprint density at radius 2 is 2.35 bits per heavy atom. The SMILES string of the molecule is [2H]Cn1cc(C[C@H](N)C(=O)OC)c2ccccc21. The molecule has 1 atom stereocenters. The van der Waals surface area contributed by atoms with Crippen LogP contribution in [0.1, 0.15) is 6.93 Å². The molecule has 1 heterocycles. The quantitative estimate of drug-likeness (QED) is 0.811. The number of fused-ring (bicyclic) bond motifs is 1. The van der Waals surface area contributed by atoms with Gasteiger partial charge in [0.25, 0.3) is 0 Å². The summed E-state index contributed by atoms with van der Waals surface area (Å²) in [7, 11) is 1.48. The fraction of sp³-hybridized carbons (Fsp3) is 0.308. The molecule has 0 spiro atoms. The molecule has 2 aromatic rings. The van der Waals surface area contributed by atoms with E-state index in [4.69, 9.17) is 7.10 Å². The largest absolute Gasteiger partial charge is 0.468 e. The number of hydrogen-bond donors (Lipinski definition) is 1. The number of hydrogen-bond acceptors (Lipinski definition) is 3. The molecule has 0 aliphatic heterocycles. The normalized spacial score (nSPS) is 13.4. The van der Waals surface area contributed by atoms with Crippen LogP contribution in [-0.4, -0.2) is 23.7 Å². The minimum Gasteiger partial charge on any atom is -0.468 e. The first-order valence-corrected chi connectivity index (χ1v) is 5.36. The first-order valence-electron chi connectivity index (χ1n) is 6.07. The maximum absolute atomic E-state index is 11.3. The van der Waals surface area contributed by atoms with Crippen molar-refractivity contribution in [2.45, 2.75) is 12.5 Å². The van der Waals surface area contributed by atoms with E-state index < -0.39 is 12.0 Å². The van der Waals surface area contributed by atoms with E-state index in [-0.39, 0.29) is 7.02 Å². The number of nitrogens with two attached hydrogens (primary N) is 1. The lowest BCUT2D eigenvalue weighted by atomic mass is 10.1. The maximum atomic E-state index is 11.3. The van der Waals surface area contributed by atoms with E-state index in [1.165, 1.54) is 7.11 Å². The Morgan fingerprint density at radius 1 is 1.59 bits per heavy atom. The van der Waals surface area contributed by atoms with Gasteiger partial charge in [-0.2, -0.15) is 0 Å². The van der Waals surface area contributed by atoms with Crippen LogP contribution in [0.25, 0.3) is 10.9 Å². The van der Waals surface area contributed by atoms with E-state index >= 15 is 0 Å². The zero-order valence-electron chi connectivity index (χ0n) is 10.7. The number of methoxy groups -OCH3 is 1. The third-order valence-electron chi connectivity index (χ3n) is 2.81. The number of nitrogens with zero attached hydrogens (tertiary/aromatic N) is 1. The predicted octanol–water partition coefficient (Wildman–Crippen LogP) is 1.22. The molecule has 4 nitrogen and oxygen atoms in total. The van der Waals surface area contributed by atoms with Crippen LogP contribution in [0.15, 0.2) is 30.5 Å². The van der Waals surface area contributed by atoms with E-state index in [9.17, 15) is 4.79 Å². The van der Waals surface area contributed by atoms with Crippen LogP contribution in [0.3, 0.4) is 0 Å². The van der Waals surface area contributed by atoms with Gasteiger partial charge in [0.2, 0.25) is 0 Å². The van der Waals surface area contributed by atoms with Gasteiger partial charge in [-0.25, -0.2) is 0 Å². The van der Waals surface area contributed by atoms with Crippen LogP contribution in [-0.2, 0) is 23.0 Å². The molecular formula is C13H16N2O2. The van der Waals surface area contributed by atoms with Crippen molar-refractivity contribution in [2.75, 3.05) is 7.11 Å². The highest BCUT2D eigenvalue weighted by molar-refractivity contribution is 5.85. The lowest BCUT2D eigenvalue weighted by molar-refractivity contribution is -0.142. The highest BCUT2D eigenvalue weighted by Gasteiger charge is 2.16. The van der Waals surface area contributed by atoms with Crippen LogP contribution in [0, 0.1) is 0 Å². The summed E-state index contributed by atoms with van der Waals surface area (Å²) in [5, 5.41) is 1.03. The Morgan fingerprint density at radius 3 is 3.06 bits per heavy atom. The molecule has 1 aromatic heterocycles. The molecular weight excluding hydrogens is 216 g/mol. The Kier molecular flexibility index (Phi) is 2.80. The number of carbonyl (C=O) groups is 1. The van der Waals surface area contributed by atoms with Gasteiger partial charge in [-0.3, -0.25) is 4.79 Å². The number of aromatic nitrogens is 1. The van der Waals surface area contributed by atoms with Crippen molar-refractivity contribution in [3.8, 4) is 0 Å². The summed E-state index contributed by atoms with van der Waals surface area (Å²) in [6, 6.07) is 7.13. The van der Waals surface area contributed by atoms with Gasteiger partial charge in [-0.15, -0.1) is 0 Å². The predicted molar refractivity (Wildman–Crippen MR) is 66.6 cm³/mol. The summed E-state index contributed by atoms with van der Waals surface area (Å²) in [6.07, 6.45) is 2.29. The van der Waals surface area contributed by atoms with Gasteiger partial charge in [0.05, 0.1) is 7.11 Å². The minimum absolute atomic E-state index is 0.147. The monoisotopic (exact) mass is 233 g/mol. The number of carbonyl (C=O) groups excluding carboxylic acids is 1. The van der Waals surface area contributed by atoms with E-state index in [2.05, 4.69) is 4.74 Å². The third kappa shape index (κ3) is 2.17. The smallest absolute Gasteiger partial charge is 0.322 e. The van der Waals surface area contributed by atoms with E-state index in [0.29, 0.717) is 6.42 Å². The molecule has 0 aliphatic rings. The Hall–Kier alpha value is -1.81. The van der Waals surface area contributed by atoms with Gasteiger partial charge >= 0.3 is 5.97 Å². The molecule has 17 heavy (non-hydrogen) atoms. The maximum Gasteiger partial charge on any atom is 0.322 e. The number of rotatable bonds is 3. The van der Waals surface area contributed by atoms with Crippen molar-refractivity contribution in [1.29, 1.82) is 0 Å². The Bertz CT molecular complexity index is 565. The van der Waals surface area contributed by atoms with Gasteiger partial charge in [-0.1, -0.05) is 18.2 Å². The first-order chi connectivity index (χ1) is 8.67. The van der Waals surface area contributed by atoms with Crippen molar-refractivity contribution in [1.82, 2.24) is 4.57 Å². The van der Waals surface area contributed by atoms with Gasteiger partial charge < -0.3 is 15.0 Å². The molecule has 0 unspecified atom stereocenters. The van der Waals surface area contributed by atoms with Crippen LogP contribution >= 0.6 is 0 Å². The lowest BCUT2D eigenvalue weighted by Crippen LogP contribution is -2.33. The highest BCUT2D eigenvalue weighted by atomic mass is 16.5. The van der Waals surface area contributed by atoms with Crippen molar-refractivity contribution < 1.29 is 10.9 Å². The van der Waals surface area contributed by atoms with Crippen LogP contribution in [0.5, 0.6) is 0 Å². The second-order valence-corrected chi connectivity index (χ2v) is 3.98. The molecule has 0 amide bonds. The second kappa shape index (κ2) is 4.59. The zero-order valence-corrected chi connectivity index (χ0v) is 9.72. The zero-order chi connectivity index (χ0) is 13.1. The number of benzene rings is 1. The molecule has 0 fully saturated rings. The molecule has 0 radical (unpaired) electrons. The second-order valence-electron chi connectivity index (χ2n) is 3.98. The summed E-state index contributed by atoms with van der Waals surface area (Å²) in [5.74, 6) is -0.419. The van der Waals surface area contributed by atoms with Gasteiger partial charge in [0.1, 0.15) is 6.04 Å². The van der Waals surface area contributed by atoms with E-state index in [0.717, 1.165) is 16.5 Å². The van der Waals surface area contributed by atoms with Crippen molar-refractivity contribution in [3.05, 3.63) is 36.0 Å². The third-order valence-corrected chi connectivity index (χ3v) is 2.81. The first kappa shape index (κ1) is 10.4. The summed E-state index contributed by atoms with van der Waals surface area (Å²) < 4.78 is 13.9. The molecule has 90 valence electrons. The Balaban J connectivity index is 2.36. The summed E-state index contributed by atoms with van der Waals surface area (Å²) in [4.78, 5) is 11.3. The fourth-order valence-electron chi connectivity index (χ4n) is 1.96. The standard InChI is InChI=1S/C13H16N2O2/c1-15-8-9(7-11(14)13(16)17-2)10-5-3-4-6-12(10)15/h3-6,8,11H,7,14H2,1-2H3/t11-/m0/s1/i1D. The van der Waals surface area contributed by atoms with Crippen molar-refractivity contribution in [3.63, 3.8) is 0 Å². The molecule has 2 rings (SSSR count). The average molecular weight is 233 g/mol. The molecule has 0 bridgehead atoms. The lowest BCUT2D eigenvalue weighted by Gasteiger charge is -2.07. The Labute approximate surface area is 101 Å². The molecule has 4 heteroatoms. The summed E-state index contributed by atoms with van der Waals surface area (Å²) in [6.45, 7) is 0. The average Bonchev–Trinajstić information content (AvgIpc) is 2.76. The molecule has 0 saturated heterocycles. The summed E-state index contributed by atoms with van der Waals surface area (Å²) in [5.41, 5.74) is 7.72. The van der Waals surface area contributed by atoms with Gasteiger partial charge in [0, 0.05) is 31.9 Å². The van der Waals surface area contributed by atoms with Crippen LogP contribution in [0.2, 0.25) is 0 Å².